The van der Waals surface area contributed by atoms with Crippen LogP contribution >= 0.6 is 15.9 Å². The Morgan fingerprint density at radius 1 is 1.40 bits per heavy atom. The third kappa shape index (κ3) is 3.01. The quantitative estimate of drug-likeness (QED) is 0.897. The van der Waals surface area contributed by atoms with Crippen molar-refractivity contribution in [2.75, 3.05) is 6.54 Å². The van der Waals surface area contributed by atoms with Gasteiger partial charge in [-0.05, 0) is 46.6 Å². The number of carbonyl (C=O) groups is 2. The van der Waals surface area contributed by atoms with Gasteiger partial charge in [-0.25, -0.2) is 0 Å². The predicted octanol–water partition coefficient (Wildman–Crippen LogP) is 2.95. The van der Waals surface area contributed by atoms with Gasteiger partial charge in [0, 0.05) is 11.9 Å². The van der Waals surface area contributed by atoms with E-state index in [9.17, 15) is 9.59 Å². The van der Waals surface area contributed by atoms with Crippen molar-refractivity contribution in [3.8, 4) is 0 Å². The first-order valence-corrected chi connectivity index (χ1v) is 6.88. The van der Waals surface area contributed by atoms with Gasteiger partial charge in [-0.15, -0.1) is 0 Å². The molecule has 0 radical (unpaired) electrons. The summed E-state index contributed by atoms with van der Waals surface area (Å²) in [5, 5.41) is 12.1. The lowest BCUT2D eigenvalue weighted by molar-refractivity contribution is -0.140. The molecule has 1 heterocycles. The maximum Gasteiger partial charge on any atom is 0.308 e. The van der Waals surface area contributed by atoms with Crippen LogP contribution in [-0.2, 0) is 4.79 Å². The molecule has 5 nitrogen and oxygen atoms in total. The highest BCUT2D eigenvalue weighted by Crippen LogP contribution is 2.28. The van der Waals surface area contributed by atoms with Crippen LogP contribution in [0.4, 0.5) is 0 Å². The fraction of sp³-hybridized carbons (Fsp3) is 0.286. The van der Waals surface area contributed by atoms with Crippen molar-refractivity contribution < 1.29 is 19.1 Å². The molecule has 1 aromatic carbocycles. The summed E-state index contributed by atoms with van der Waals surface area (Å²) in [6.45, 7) is 3.54. The molecule has 1 amide bonds. The molecule has 0 saturated carbocycles. The van der Waals surface area contributed by atoms with Gasteiger partial charge in [-0.3, -0.25) is 9.59 Å². The minimum absolute atomic E-state index is 0.0609. The number of hydrogen-bond donors (Lipinski definition) is 2. The molecule has 2 N–H and O–H groups in total. The Hall–Kier alpha value is -1.82. The molecule has 2 rings (SSSR count). The molecule has 2 aromatic rings. The van der Waals surface area contributed by atoms with Gasteiger partial charge >= 0.3 is 5.97 Å². The Morgan fingerprint density at radius 2 is 2.10 bits per heavy atom. The lowest BCUT2D eigenvalue weighted by atomic mass is 10.2. The van der Waals surface area contributed by atoms with Gasteiger partial charge in [0.15, 0.2) is 5.76 Å². The van der Waals surface area contributed by atoms with E-state index < -0.39 is 17.8 Å². The summed E-state index contributed by atoms with van der Waals surface area (Å²) in [4.78, 5) is 22.6. The SMILES string of the molecule is Cc1cc(Br)c2oc(C(=O)NCC(C)C(=O)O)cc2c1. The summed E-state index contributed by atoms with van der Waals surface area (Å²) in [6.07, 6.45) is 0. The molecule has 0 spiro atoms. The number of halogens is 1. The first-order chi connectivity index (χ1) is 9.38. The van der Waals surface area contributed by atoms with E-state index in [1.54, 1.807) is 6.07 Å². The molecule has 20 heavy (non-hydrogen) atoms. The second-order valence-electron chi connectivity index (χ2n) is 4.73. The zero-order chi connectivity index (χ0) is 14.9. The molecule has 0 fully saturated rings. The van der Waals surface area contributed by atoms with Gasteiger partial charge in [0.2, 0.25) is 0 Å². The van der Waals surface area contributed by atoms with Crippen molar-refractivity contribution >= 4 is 38.8 Å². The standard InChI is InChI=1S/C14H14BrNO4/c1-7-3-9-5-11(20-12(9)10(15)4-7)13(17)16-6-8(2)14(18)19/h3-5,8H,6H2,1-2H3,(H,16,17)(H,18,19). The van der Waals surface area contributed by atoms with E-state index in [0.717, 1.165) is 15.4 Å². The maximum atomic E-state index is 11.9. The molecule has 0 bridgehead atoms. The summed E-state index contributed by atoms with van der Waals surface area (Å²) >= 11 is 3.39. The number of hydrogen-bond acceptors (Lipinski definition) is 3. The molecule has 0 aliphatic carbocycles. The van der Waals surface area contributed by atoms with Gasteiger partial charge < -0.3 is 14.8 Å². The second kappa shape index (κ2) is 5.66. The Bertz CT molecular complexity index is 677. The summed E-state index contributed by atoms with van der Waals surface area (Å²) < 4.78 is 6.28. The van der Waals surface area contributed by atoms with Gasteiger partial charge in [-0.1, -0.05) is 6.92 Å². The van der Waals surface area contributed by atoms with Crippen LogP contribution in [0, 0.1) is 12.8 Å². The van der Waals surface area contributed by atoms with E-state index in [0.29, 0.717) is 5.58 Å². The fourth-order valence-electron chi connectivity index (χ4n) is 1.78. The normalized spacial score (nSPS) is 12.3. The van der Waals surface area contributed by atoms with Crippen LogP contribution in [0.3, 0.4) is 0 Å². The van der Waals surface area contributed by atoms with Crippen molar-refractivity contribution in [2.45, 2.75) is 13.8 Å². The number of aryl methyl sites for hydroxylation is 1. The van der Waals surface area contributed by atoms with E-state index in [2.05, 4.69) is 21.2 Å². The van der Waals surface area contributed by atoms with Crippen molar-refractivity contribution in [1.29, 1.82) is 0 Å². The van der Waals surface area contributed by atoms with Crippen LogP contribution in [-0.4, -0.2) is 23.5 Å². The van der Waals surface area contributed by atoms with Gasteiger partial charge in [0.25, 0.3) is 5.91 Å². The molecule has 1 atom stereocenters. The van der Waals surface area contributed by atoms with Gasteiger partial charge in [0.05, 0.1) is 10.4 Å². The van der Waals surface area contributed by atoms with Crippen molar-refractivity contribution in [3.63, 3.8) is 0 Å². The maximum absolute atomic E-state index is 11.9. The number of rotatable bonds is 4. The largest absolute Gasteiger partial charge is 0.481 e. The number of aliphatic carboxylic acids is 1. The number of carboxylic acids is 1. The minimum atomic E-state index is -0.951. The molecule has 6 heteroatoms. The van der Waals surface area contributed by atoms with Gasteiger partial charge in [0.1, 0.15) is 5.58 Å². The zero-order valence-corrected chi connectivity index (χ0v) is 12.7. The van der Waals surface area contributed by atoms with Crippen LogP contribution < -0.4 is 5.32 Å². The van der Waals surface area contributed by atoms with Crippen molar-refractivity contribution in [2.24, 2.45) is 5.92 Å². The van der Waals surface area contributed by atoms with Crippen molar-refractivity contribution in [3.05, 3.63) is 34.0 Å². The molecule has 0 aliphatic rings. The topological polar surface area (TPSA) is 79.5 Å². The average Bonchev–Trinajstić information content (AvgIpc) is 2.79. The number of amides is 1. The number of carbonyl (C=O) groups excluding carboxylic acids is 1. The fourth-order valence-corrected chi connectivity index (χ4v) is 2.45. The Balaban J connectivity index is 2.19. The number of benzene rings is 1. The highest BCUT2D eigenvalue weighted by molar-refractivity contribution is 9.10. The van der Waals surface area contributed by atoms with E-state index >= 15 is 0 Å². The molecule has 106 valence electrons. The van der Waals surface area contributed by atoms with Crippen LogP contribution in [0.25, 0.3) is 11.0 Å². The van der Waals surface area contributed by atoms with E-state index in [1.807, 2.05) is 19.1 Å². The predicted molar refractivity (Wildman–Crippen MR) is 77.8 cm³/mol. The second-order valence-corrected chi connectivity index (χ2v) is 5.58. The molecule has 0 aliphatic heterocycles. The third-order valence-corrected chi connectivity index (χ3v) is 3.52. The van der Waals surface area contributed by atoms with E-state index in [4.69, 9.17) is 9.52 Å². The first kappa shape index (κ1) is 14.6. The van der Waals surface area contributed by atoms with Crippen LogP contribution in [0.15, 0.2) is 27.1 Å². The summed E-state index contributed by atoms with van der Waals surface area (Å²) in [5.41, 5.74) is 1.66. The zero-order valence-electron chi connectivity index (χ0n) is 11.1. The monoisotopic (exact) mass is 339 g/mol. The third-order valence-electron chi connectivity index (χ3n) is 2.93. The first-order valence-electron chi connectivity index (χ1n) is 6.09. The Labute approximate surface area is 124 Å². The lowest BCUT2D eigenvalue weighted by Gasteiger charge is -2.06. The Kier molecular flexibility index (Phi) is 4.13. The van der Waals surface area contributed by atoms with Crippen LogP contribution in [0.1, 0.15) is 23.0 Å². The minimum Gasteiger partial charge on any atom is -0.481 e. The number of nitrogens with one attached hydrogen (secondary N) is 1. The van der Waals surface area contributed by atoms with Crippen LogP contribution in [0.5, 0.6) is 0 Å². The van der Waals surface area contributed by atoms with Gasteiger partial charge in [-0.2, -0.15) is 0 Å². The smallest absolute Gasteiger partial charge is 0.308 e. The molecule has 0 saturated heterocycles. The Morgan fingerprint density at radius 3 is 2.75 bits per heavy atom. The van der Waals surface area contributed by atoms with Crippen molar-refractivity contribution in [1.82, 2.24) is 5.32 Å². The number of furan rings is 1. The van der Waals surface area contributed by atoms with Crippen LogP contribution in [0.2, 0.25) is 0 Å². The molecular formula is C14H14BrNO4. The summed E-state index contributed by atoms with van der Waals surface area (Å²) in [5.74, 6) is -1.84. The molecular weight excluding hydrogens is 326 g/mol. The number of carboxylic acid groups (broad SMARTS) is 1. The lowest BCUT2D eigenvalue weighted by Crippen LogP contribution is -2.31. The highest BCUT2D eigenvalue weighted by atomic mass is 79.9. The van der Waals surface area contributed by atoms with E-state index in [1.165, 1.54) is 6.92 Å². The molecule has 1 aromatic heterocycles. The van der Waals surface area contributed by atoms with E-state index in [-0.39, 0.29) is 12.3 Å². The summed E-state index contributed by atoms with van der Waals surface area (Å²) in [7, 11) is 0. The molecule has 1 unspecified atom stereocenters. The summed E-state index contributed by atoms with van der Waals surface area (Å²) in [6, 6.07) is 5.47. The average molecular weight is 340 g/mol. The number of fused-ring (bicyclic) bond motifs is 1. The highest BCUT2D eigenvalue weighted by Gasteiger charge is 2.17.